The molecule has 0 unspecified atom stereocenters. The quantitative estimate of drug-likeness (QED) is 0.272. The fourth-order valence-electron chi connectivity index (χ4n) is 3.46. The summed E-state index contributed by atoms with van der Waals surface area (Å²) in [6.45, 7) is 1.76. The molecule has 1 fully saturated rings. The monoisotopic (exact) mass is 464 g/mol. The van der Waals surface area contributed by atoms with E-state index >= 15 is 0 Å². The summed E-state index contributed by atoms with van der Waals surface area (Å²) in [5.74, 6) is -2.00. The lowest BCUT2D eigenvalue weighted by atomic mass is 10.0. The Morgan fingerprint density at radius 1 is 1.12 bits per heavy atom. The number of esters is 1. The SMILES string of the molecule is COC(=O)c1cccc(-c2ccc(/C=C3\C(=O)NC(=S)N(c4ccccc4F)C3=O)o2)c1C. The molecule has 1 saturated heterocycles. The zero-order valence-electron chi connectivity index (χ0n) is 17.5. The van der Waals surface area contributed by atoms with E-state index in [0.717, 1.165) is 4.90 Å². The Balaban J connectivity index is 1.70. The number of nitrogens with one attached hydrogen (secondary N) is 1. The van der Waals surface area contributed by atoms with E-state index in [1.807, 2.05) is 0 Å². The number of furan rings is 1. The summed E-state index contributed by atoms with van der Waals surface area (Å²) in [5.41, 5.74) is 1.35. The second-order valence-electron chi connectivity index (χ2n) is 7.08. The van der Waals surface area contributed by atoms with Gasteiger partial charge < -0.3 is 9.15 Å². The Kier molecular flexibility index (Phi) is 5.89. The third kappa shape index (κ3) is 4.06. The molecule has 0 atom stereocenters. The van der Waals surface area contributed by atoms with Crippen LogP contribution in [0.4, 0.5) is 10.1 Å². The highest BCUT2D eigenvalue weighted by atomic mass is 32.1. The first kappa shape index (κ1) is 22.1. The summed E-state index contributed by atoms with van der Waals surface area (Å²) < 4.78 is 24.9. The highest BCUT2D eigenvalue weighted by Gasteiger charge is 2.36. The Morgan fingerprint density at radius 3 is 2.61 bits per heavy atom. The third-order valence-electron chi connectivity index (χ3n) is 5.11. The second-order valence-corrected chi connectivity index (χ2v) is 7.47. The van der Waals surface area contributed by atoms with Gasteiger partial charge in [-0.1, -0.05) is 24.3 Å². The molecule has 1 aliphatic heterocycles. The largest absolute Gasteiger partial charge is 0.465 e. The Morgan fingerprint density at radius 2 is 1.88 bits per heavy atom. The molecule has 0 spiro atoms. The van der Waals surface area contributed by atoms with Crippen LogP contribution in [0.3, 0.4) is 0 Å². The zero-order chi connectivity index (χ0) is 23.7. The van der Waals surface area contributed by atoms with Crippen molar-refractivity contribution in [3.63, 3.8) is 0 Å². The predicted octanol–water partition coefficient (Wildman–Crippen LogP) is 4.01. The number of thiocarbonyl (C=S) groups is 1. The number of anilines is 1. The number of methoxy groups -OCH3 is 1. The van der Waals surface area contributed by atoms with E-state index in [0.29, 0.717) is 22.5 Å². The number of hydrogen-bond acceptors (Lipinski definition) is 6. The summed E-state index contributed by atoms with van der Waals surface area (Å²) in [6, 6.07) is 13.9. The fourth-order valence-corrected chi connectivity index (χ4v) is 3.73. The van der Waals surface area contributed by atoms with E-state index in [2.05, 4.69) is 5.32 Å². The number of amides is 2. The summed E-state index contributed by atoms with van der Waals surface area (Å²) >= 11 is 5.08. The smallest absolute Gasteiger partial charge is 0.338 e. The highest BCUT2D eigenvalue weighted by Crippen LogP contribution is 2.30. The van der Waals surface area contributed by atoms with Crippen molar-refractivity contribution in [1.82, 2.24) is 5.32 Å². The minimum Gasteiger partial charge on any atom is -0.465 e. The molecule has 0 aliphatic carbocycles. The number of nitrogens with zero attached hydrogens (tertiary/aromatic N) is 1. The highest BCUT2D eigenvalue weighted by molar-refractivity contribution is 7.80. The molecule has 4 rings (SSSR count). The lowest BCUT2D eigenvalue weighted by Gasteiger charge is -2.28. The van der Waals surface area contributed by atoms with Crippen LogP contribution >= 0.6 is 12.2 Å². The van der Waals surface area contributed by atoms with Crippen LogP contribution < -0.4 is 10.2 Å². The topological polar surface area (TPSA) is 88.9 Å². The van der Waals surface area contributed by atoms with Gasteiger partial charge in [0.25, 0.3) is 11.8 Å². The molecule has 2 heterocycles. The van der Waals surface area contributed by atoms with Gasteiger partial charge in [-0.05, 0) is 61.1 Å². The van der Waals surface area contributed by atoms with Gasteiger partial charge >= 0.3 is 5.97 Å². The lowest BCUT2D eigenvalue weighted by Crippen LogP contribution is -2.54. The molecule has 166 valence electrons. The number of carbonyl (C=O) groups excluding carboxylic acids is 3. The molecule has 1 N–H and O–H groups in total. The number of para-hydroxylation sites is 1. The standard InChI is InChI=1S/C24H17FN2O5S/c1-13-15(6-5-7-16(13)23(30)31-2)20-11-10-14(32-20)12-17-21(28)26-24(33)27(22(17)29)19-9-4-3-8-18(19)25/h3-12H,1-2H3,(H,26,28,33)/b17-12+. The minimum atomic E-state index is -0.782. The van der Waals surface area contributed by atoms with Gasteiger partial charge in [0, 0.05) is 5.56 Å². The maximum atomic E-state index is 14.3. The van der Waals surface area contributed by atoms with E-state index in [-0.39, 0.29) is 22.1 Å². The summed E-state index contributed by atoms with van der Waals surface area (Å²) in [5, 5.41) is 2.18. The first-order valence-corrected chi connectivity index (χ1v) is 10.2. The van der Waals surface area contributed by atoms with Crippen LogP contribution in [-0.2, 0) is 14.3 Å². The Labute approximate surface area is 193 Å². The molecule has 0 saturated carbocycles. The number of carbonyl (C=O) groups is 3. The van der Waals surface area contributed by atoms with E-state index in [9.17, 15) is 18.8 Å². The van der Waals surface area contributed by atoms with Crippen LogP contribution in [0.1, 0.15) is 21.7 Å². The van der Waals surface area contributed by atoms with Crippen molar-refractivity contribution in [1.29, 1.82) is 0 Å². The number of rotatable bonds is 4. The average molecular weight is 464 g/mol. The number of benzene rings is 2. The van der Waals surface area contributed by atoms with Crippen molar-refractivity contribution in [3.05, 3.63) is 82.9 Å². The first-order chi connectivity index (χ1) is 15.8. The zero-order valence-corrected chi connectivity index (χ0v) is 18.4. The molecule has 2 aromatic carbocycles. The third-order valence-corrected chi connectivity index (χ3v) is 5.40. The van der Waals surface area contributed by atoms with E-state index in [1.165, 1.54) is 31.4 Å². The van der Waals surface area contributed by atoms with Gasteiger partial charge in [-0.25, -0.2) is 14.1 Å². The van der Waals surface area contributed by atoms with Crippen LogP contribution in [0, 0.1) is 12.7 Å². The molecule has 1 aromatic heterocycles. The van der Waals surface area contributed by atoms with Crippen molar-refractivity contribution in [2.75, 3.05) is 12.0 Å². The summed E-state index contributed by atoms with van der Waals surface area (Å²) in [4.78, 5) is 38.4. The van der Waals surface area contributed by atoms with Gasteiger partial charge in [0.05, 0.1) is 18.4 Å². The van der Waals surface area contributed by atoms with Crippen molar-refractivity contribution in [2.45, 2.75) is 6.92 Å². The average Bonchev–Trinajstić information content (AvgIpc) is 3.26. The molecule has 0 bridgehead atoms. The van der Waals surface area contributed by atoms with E-state index < -0.39 is 23.6 Å². The van der Waals surface area contributed by atoms with E-state index in [4.69, 9.17) is 21.4 Å². The minimum absolute atomic E-state index is 0.0752. The maximum Gasteiger partial charge on any atom is 0.338 e. The Bertz CT molecular complexity index is 1340. The second kappa shape index (κ2) is 8.79. The number of hydrogen-bond donors (Lipinski definition) is 1. The fraction of sp³-hybridized carbons (Fsp3) is 0.0833. The Hall–Kier alpha value is -4.11. The van der Waals surface area contributed by atoms with Crippen molar-refractivity contribution < 1.29 is 27.9 Å². The molecule has 33 heavy (non-hydrogen) atoms. The maximum absolute atomic E-state index is 14.3. The van der Waals surface area contributed by atoms with E-state index in [1.54, 1.807) is 43.3 Å². The molecule has 0 radical (unpaired) electrons. The molecule has 1 aliphatic rings. The van der Waals surface area contributed by atoms with Crippen molar-refractivity contribution >= 4 is 46.9 Å². The molecule has 7 nitrogen and oxygen atoms in total. The van der Waals surface area contributed by atoms with Crippen LogP contribution in [0.5, 0.6) is 0 Å². The van der Waals surface area contributed by atoms with Gasteiger partial charge in [0.15, 0.2) is 5.11 Å². The summed E-state index contributed by atoms with van der Waals surface area (Å²) in [6.07, 6.45) is 1.26. The first-order valence-electron chi connectivity index (χ1n) is 9.76. The van der Waals surface area contributed by atoms with Crippen LogP contribution in [0.25, 0.3) is 17.4 Å². The van der Waals surface area contributed by atoms with Crippen LogP contribution in [-0.4, -0.2) is 30.0 Å². The molecular weight excluding hydrogens is 447 g/mol. The molecular formula is C24H17FN2O5S. The van der Waals surface area contributed by atoms with Gasteiger partial charge in [0.2, 0.25) is 0 Å². The number of ether oxygens (including phenoxy) is 1. The molecule has 9 heteroatoms. The normalized spacial score (nSPS) is 15.1. The lowest BCUT2D eigenvalue weighted by molar-refractivity contribution is -0.122. The van der Waals surface area contributed by atoms with Crippen LogP contribution in [0.2, 0.25) is 0 Å². The van der Waals surface area contributed by atoms with Gasteiger partial charge in [-0.3, -0.25) is 14.9 Å². The van der Waals surface area contributed by atoms with Gasteiger partial charge in [-0.15, -0.1) is 0 Å². The molecule has 3 aromatic rings. The summed E-state index contributed by atoms with van der Waals surface area (Å²) in [7, 11) is 1.30. The van der Waals surface area contributed by atoms with Crippen molar-refractivity contribution in [3.8, 4) is 11.3 Å². The van der Waals surface area contributed by atoms with Crippen LogP contribution in [0.15, 0.2) is 64.6 Å². The molecule has 2 amide bonds. The van der Waals surface area contributed by atoms with Gasteiger partial charge in [-0.2, -0.15) is 0 Å². The predicted molar refractivity (Wildman–Crippen MR) is 123 cm³/mol. The number of halogens is 1. The van der Waals surface area contributed by atoms with Gasteiger partial charge in [0.1, 0.15) is 22.9 Å². The van der Waals surface area contributed by atoms with Crippen molar-refractivity contribution in [2.24, 2.45) is 0 Å².